The molecule has 0 aromatic heterocycles. The lowest BCUT2D eigenvalue weighted by molar-refractivity contribution is 0.170. The number of anilines is 1. The van der Waals surface area contributed by atoms with Crippen molar-refractivity contribution >= 4 is 11.7 Å². The van der Waals surface area contributed by atoms with Gasteiger partial charge < -0.3 is 25.2 Å². The van der Waals surface area contributed by atoms with Crippen molar-refractivity contribution in [3.63, 3.8) is 0 Å². The van der Waals surface area contributed by atoms with Crippen LogP contribution in [0.2, 0.25) is 0 Å². The van der Waals surface area contributed by atoms with Crippen LogP contribution in [-0.2, 0) is 0 Å². The summed E-state index contributed by atoms with van der Waals surface area (Å²) in [6, 6.07) is 10.3. The Balaban J connectivity index is 1.97. The van der Waals surface area contributed by atoms with Gasteiger partial charge in [0.2, 0.25) is 0 Å². The van der Waals surface area contributed by atoms with E-state index in [1.165, 1.54) is 32.4 Å². The maximum Gasteiger partial charge on any atom is 0.319 e. The van der Waals surface area contributed by atoms with Crippen molar-refractivity contribution in [2.24, 2.45) is 0 Å². The van der Waals surface area contributed by atoms with Gasteiger partial charge in [-0.25, -0.2) is 9.18 Å². The summed E-state index contributed by atoms with van der Waals surface area (Å²) in [5.41, 5.74) is 0.534. The van der Waals surface area contributed by atoms with Gasteiger partial charge >= 0.3 is 6.03 Å². The SMILES string of the molecule is COc1ccc(OC)c(NC(=O)NC[C@@H](O)c2ccccc2F)c1. The Hall–Kier alpha value is -2.80. The van der Waals surface area contributed by atoms with Crippen molar-refractivity contribution in [1.82, 2.24) is 5.32 Å². The minimum absolute atomic E-state index is 0.122. The lowest BCUT2D eigenvalue weighted by Crippen LogP contribution is -2.32. The molecule has 2 aromatic rings. The first-order valence-corrected chi connectivity index (χ1v) is 7.24. The topological polar surface area (TPSA) is 79.8 Å². The zero-order valence-electron chi connectivity index (χ0n) is 13.4. The molecular weight excluding hydrogens is 315 g/mol. The largest absolute Gasteiger partial charge is 0.497 e. The Bertz CT molecular complexity index is 709. The minimum Gasteiger partial charge on any atom is -0.497 e. The second-order valence-electron chi connectivity index (χ2n) is 4.94. The number of rotatable bonds is 6. The Kier molecular flexibility index (Phi) is 5.97. The average molecular weight is 334 g/mol. The fourth-order valence-electron chi connectivity index (χ4n) is 2.12. The van der Waals surface area contributed by atoms with Crippen molar-refractivity contribution in [2.75, 3.05) is 26.1 Å². The molecule has 0 bridgehead atoms. The van der Waals surface area contributed by atoms with Crippen LogP contribution < -0.4 is 20.1 Å². The Morgan fingerprint density at radius 2 is 1.96 bits per heavy atom. The molecule has 0 heterocycles. The van der Waals surface area contributed by atoms with Gasteiger partial charge in [-0.15, -0.1) is 0 Å². The van der Waals surface area contributed by atoms with E-state index in [0.717, 1.165) is 0 Å². The number of aliphatic hydroxyl groups is 1. The molecule has 0 aliphatic rings. The summed E-state index contributed by atoms with van der Waals surface area (Å²) in [5, 5.41) is 15.1. The van der Waals surface area contributed by atoms with E-state index in [1.807, 2.05) is 0 Å². The molecule has 2 amide bonds. The van der Waals surface area contributed by atoms with E-state index in [9.17, 15) is 14.3 Å². The van der Waals surface area contributed by atoms with Gasteiger partial charge in [0.25, 0.3) is 0 Å². The van der Waals surface area contributed by atoms with E-state index in [1.54, 1.807) is 24.3 Å². The third-order valence-electron chi connectivity index (χ3n) is 3.38. The number of urea groups is 1. The van der Waals surface area contributed by atoms with Crippen LogP contribution in [0.3, 0.4) is 0 Å². The summed E-state index contributed by atoms with van der Waals surface area (Å²) in [5.74, 6) is 0.486. The molecule has 7 heteroatoms. The smallest absolute Gasteiger partial charge is 0.319 e. The molecule has 128 valence electrons. The van der Waals surface area contributed by atoms with Crippen LogP contribution in [0.15, 0.2) is 42.5 Å². The molecule has 2 aromatic carbocycles. The van der Waals surface area contributed by atoms with Gasteiger partial charge in [0.15, 0.2) is 0 Å². The molecule has 0 unspecified atom stereocenters. The molecule has 3 N–H and O–H groups in total. The molecule has 2 rings (SSSR count). The molecule has 1 atom stereocenters. The van der Waals surface area contributed by atoms with E-state index in [4.69, 9.17) is 9.47 Å². The number of nitrogens with one attached hydrogen (secondary N) is 2. The minimum atomic E-state index is -1.15. The number of ether oxygens (including phenoxy) is 2. The summed E-state index contributed by atoms with van der Waals surface area (Å²) in [6.07, 6.45) is -1.15. The fraction of sp³-hybridized carbons (Fsp3) is 0.235. The number of halogens is 1. The summed E-state index contributed by atoms with van der Waals surface area (Å²) in [6.45, 7) is -0.140. The van der Waals surface area contributed by atoms with Crippen molar-refractivity contribution < 1.29 is 23.8 Å². The van der Waals surface area contributed by atoms with Crippen LogP contribution in [0.4, 0.5) is 14.9 Å². The molecule has 0 aliphatic heterocycles. The van der Waals surface area contributed by atoms with E-state index in [0.29, 0.717) is 17.2 Å². The Morgan fingerprint density at radius 3 is 2.62 bits per heavy atom. The van der Waals surface area contributed by atoms with Gasteiger partial charge in [0.05, 0.1) is 26.0 Å². The third kappa shape index (κ3) is 4.36. The molecule has 0 fully saturated rings. The lowest BCUT2D eigenvalue weighted by Gasteiger charge is -2.15. The van der Waals surface area contributed by atoms with Gasteiger partial charge in [0.1, 0.15) is 17.3 Å². The zero-order chi connectivity index (χ0) is 17.5. The fourth-order valence-corrected chi connectivity index (χ4v) is 2.12. The molecule has 0 radical (unpaired) electrons. The van der Waals surface area contributed by atoms with E-state index in [-0.39, 0.29) is 12.1 Å². The number of carbonyl (C=O) groups excluding carboxylic acids is 1. The van der Waals surface area contributed by atoms with Crippen LogP contribution in [0.1, 0.15) is 11.7 Å². The second kappa shape index (κ2) is 8.16. The monoisotopic (exact) mass is 334 g/mol. The van der Waals surface area contributed by atoms with Crippen molar-refractivity contribution in [3.8, 4) is 11.5 Å². The zero-order valence-corrected chi connectivity index (χ0v) is 13.4. The van der Waals surface area contributed by atoms with E-state index < -0.39 is 18.0 Å². The van der Waals surface area contributed by atoms with Gasteiger partial charge in [0, 0.05) is 18.2 Å². The van der Waals surface area contributed by atoms with Crippen LogP contribution in [0.25, 0.3) is 0 Å². The van der Waals surface area contributed by atoms with Crippen LogP contribution in [-0.4, -0.2) is 31.9 Å². The van der Waals surface area contributed by atoms with Crippen molar-refractivity contribution in [3.05, 3.63) is 53.8 Å². The normalized spacial score (nSPS) is 11.5. The standard InChI is InChI=1S/C17H19FN2O4/c1-23-11-7-8-16(24-2)14(9-11)20-17(22)19-10-15(21)12-5-3-4-6-13(12)18/h3-9,15,21H,10H2,1-2H3,(H2,19,20,22)/t15-/m1/s1. The second-order valence-corrected chi connectivity index (χ2v) is 4.94. The van der Waals surface area contributed by atoms with Gasteiger partial charge in [-0.1, -0.05) is 18.2 Å². The molecular formula is C17H19FN2O4. The van der Waals surface area contributed by atoms with Crippen molar-refractivity contribution in [2.45, 2.75) is 6.10 Å². The van der Waals surface area contributed by atoms with Crippen LogP contribution >= 0.6 is 0 Å². The molecule has 0 spiro atoms. The predicted octanol–water partition coefficient (Wildman–Crippen LogP) is 2.70. The first-order valence-electron chi connectivity index (χ1n) is 7.24. The lowest BCUT2D eigenvalue weighted by atomic mass is 10.1. The highest BCUT2D eigenvalue weighted by atomic mass is 19.1. The Labute approximate surface area is 139 Å². The molecule has 24 heavy (non-hydrogen) atoms. The third-order valence-corrected chi connectivity index (χ3v) is 3.38. The number of hydrogen-bond donors (Lipinski definition) is 3. The van der Waals surface area contributed by atoms with Gasteiger partial charge in [-0.2, -0.15) is 0 Å². The number of carbonyl (C=O) groups is 1. The highest BCUT2D eigenvalue weighted by Gasteiger charge is 2.14. The summed E-state index contributed by atoms with van der Waals surface area (Å²) in [7, 11) is 2.99. The first-order chi connectivity index (χ1) is 11.5. The predicted molar refractivity (Wildman–Crippen MR) is 87.9 cm³/mol. The van der Waals surface area contributed by atoms with Gasteiger partial charge in [-0.3, -0.25) is 0 Å². The summed E-state index contributed by atoms with van der Waals surface area (Å²) in [4.78, 5) is 12.0. The number of amides is 2. The molecule has 0 saturated heterocycles. The maximum atomic E-state index is 13.6. The number of hydrogen-bond acceptors (Lipinski definition) is 4. The summed E-state index contributed by atoms with van der Waals surface area (Å²) < 4.78 is 23.8. The summed E-state index contributed by atoms with van der Waals surface area (Å²) >= 11 is 0. The van der Waals surface area contributed by atoms with Gasteiger partial charge in [-0.05, 0) is 18.2 Å². The molecule has 0 saturated carbocycles. The van der Waals surface area contributed by atoms with Crippen LogP contribution in [0, 0.1) is 5.82 Å². The molecule has 6 nitrogen and oxygen atoms in total. The van der Waals surface area contributed by atoms with E-state index in [2.05, 4.69) is 10.6 Å². The number of methoxy groups -OCH3 is 2. The number of aliphatic hydroxyl groups excluding tert-OH is 1. The highest BCUT2D eigenvalue weighted by molar-refractivity contribution is 5.91. The average Bonchev–Trinajstić information content (AvgIpc) is 2.60. The van der Waals surface area contributed by atoms with E-state index >= 15 is 0 Å². The maximum absolute atomic E-state index is 13.6. The highest BCUT2D eigenvalue weighted by Crippen LogP contribution is 2.28. The number of benzene rings is 2. The van der Waals surface area contributed by atoms with Crippen molar-refractivity contribution in [1.29, 1.82) is 0 Å². The Morgan fingerprint density at radius 1 is 1.21 bits per heavy atom. The first kappa shape index (κ1) is 17.6. The quantitative estimate of drug-likeness (QED) is 0.759. The molecule has 0 aliphatic carbocycles. The van der Waals surface area contributed by atoms with Crippen LogP contribution in [0.5, 0.6) is 11.5 Å².